The lowest BCUT2D eigenvalue weighted by Crippen LogP contribution is -2.38. The van der Waals surface area contributed by atoms with Crippen molar-refractivity contribution < 1.29 is 14.3 Å². The second-order valence-corrected chi connectivity index (χ2v) is 7.63. The topological polar surface area (TPSA) is 58.6 Å². The van der Waals surface area contributed by atoms with Crippen molar-refractivity contribution in [3.63, 3.8) is 0 Å². The number of nitrogens with zero attached hydrogens (tertiary/aromatic N) is 1. The number of rotatable bonds is 7. The van der Waals surface area contributed by atoms with Crippen LogP contribution in [0, 0.1) is 11.8 Å². The molecule has 1 aliphatic carbocycles. The highest BCUT2D eigenvalue weighted by Gasteiger charge is 2.31. The molecule has 2 aromatic carbocycles. The summed E-state index contributed by atoms with van der Waals surface area (Å²) < 4.78 is 5.36. The van der Waals surface area contributed by atoms with Gasteiger partial charge in [-0.1, -0.05) is 36.4 Å². The number of para-hydroxylation sites is 2. The average Bonchev–Trinajstić information content (AvgIpc) is 2.79. The number of carbonyl (C=O) groups is 2. The minimum Gasteiger partial charge on any atom is -0.496 e. The van der Waals surface area contributed by atoms with Crippen LogP contribution in [-0.4, -0.2) is 32.5 Å². The zero-order chi connectivity index (χ0) is 20.6. The highest BCUT2D eigenvalue weighted by atomic mass is 16.5. The predicted molar refractivity (Wildman–Crippen MR) is 115 cm³/mol. The molecular formula is C24H30N2O3. The first kappa shape index (κ1) is 20.9. The maximum Gasteiger partial charge on any atom is 0.229 e. The normalized spacial score (nSPS) is 18.7. The van der Waals surface area contributed by atoms with Crippen molar-refractivity contribution in [2.75, 3.05) is 25.6 Å². The van der Waals surface area contributed by atoms with E-state index in [4.69, 9.17) is 4.74 Å². The van der Waals surface area contributed by atoms with Gasteiger partial charge in [-0.05, 0) is 55.9 Å². The molecule has 1 N–H and O–H groups in total. The van der Waals surface area contributed by atoms with E-state index in [-0.39, 0.29) is 23.7 Å². The van der Waals surface area contributed by atoms with Crippen molar-refractivity contribution in [3.05, 3.63) is 60.2 Å². The molecule has 0 atom stereocenters. The Bertz CT molecular complexity index is 814. The molecule has 0 heterocycles. The van der Waals surface area contributed by atoms with Crippen molar-refractivity contribution in [2.45, 2.75) is 32.1 Å². The van der Waals surface area contributed by atoms with Gasteiger partial charge in [0.05, 0.1) is 7.11 Å². The van der Waals surface area contributed by atoms with Crippen molar-refractivity contribution in [1.29, 1.82) is 0 Å². The van der Waals surface area contributed by atoms with Gasteiger partial charge in [0.15, 0.2) is 0 Å². The highest BCUT2D eigenvalue weighted by Crippen LogP contribution is 2.31. The van der Waals surface area contributed by atoms with E-state index >= 15 is 0 Å². The van der Waals surface area contributed by atoms with Gasteiger partial charge in [-0.3, -0.25) is 9.59 Å². The Labute approximate surface area is 173 Å². The van der Waals surface area contributed by atoms with Crippen LogP contribution in [0.25, 0.3) is 0 Å². The monoisotopic (exact) mass is 394 g/mol. The van der Waals surface area contributed by atoms with Gasteiger partial charge in [-0.2, -0.15) is 0 Å². The molecule has 0 bridgehead atoms. The van der Waals surface area contributed by atoms with Gasteiger partial charge in [-0.15, -0.1) is 0 Å². The quantitative estimate of drug-likeness (QED) is 0.777. The minimum atomic E-state index is -0.00200. The first-order valence-corrected chi connectivity index (χ1v) is 10.3. The molecule has 0 aromatic heterocycles. The van der Waals surface area contributed by atoms with E-state index in [0.717, 1.165) is 49.1 Å². The van der Waals surface area contributed by atoms with E-state index in [9.17, 15) is 9.59 Å². The van der Waals surface area contributed by atoms with Gasteiger partial charge in [0.1, 0.15) is 5.75 Å². The van der Waals surface area contributed by atoms with Crippen LogP contribution >= 0.6 is 0 Å². The van der Waals surface area contributed by atoms with Crippen LogP contribution in [0.1, 0.15) is 31.2 Å². The number of ether oxygens (including phenoxy) is 1. The van der Waals surface area contributed by atoms with Crippen molar-refractivity contribution >= 4 is 17.5 Å². The van der Waals surface area contributed by atoms with Gasteiger partial charge in [0.25, 0.3) is 0 Å². The number of anilines is 1. The Morgan fingerprint density at radius 2 is 1.59 bits per heavy atom. The smallest absolute Gasteiger partial charge is 0.229 e. The zero-order valence-electron chi connectivity index (χ0n) is 17.3. The number of amides is 2. The molecule has 1 saturated carbocycles. The lowest BCUT2D eigenvalue weighted by atomic mass is 9.81. The molecule has 154 valence electrons. The maximum atomic E-state index is 12.8. The molecule has 1 aliphatic rings. The maximum absolute atomic E-state index is 12.8. The molecule has 2 amide bonds. The number of carbonyl (C=O) groups excluding carboxylic acids is 2. The van der Waals surface area contributed by atoms with Crippen molar-refractivity contribution in [2.24, 2.45) is 11.8 Å². The molecule has 0 spiro atoms. The Morgan fingerprint density at radius 1 is 0.966 bits per heavy atom. The molecule has 1 fully saturated rings. The first-order valence-electron chi connectivity index (χ1n) is 10.3. The summed E-state index contributed by atoms with van der Waals surface area (Å²) in [5.74, 6) is 1.09. The van der Waals surface area contributed by atoms with E-state index in [1.54, 1.807) is 12.0 Å². The van der Waals surface area contributed by atoms with Crippen LogP contribution in [-0.2, 0) is 16.0 Å². The van der Waals surface area contributed by atoms with E-state index in [0.29, 0.717) is 6.54 Å². The second kappa shape index (κ2) is 10.1. The van der Waals surface area contributed by atoms with Gasteiger partial charge >= 0.3 is 0 Å². The van der Waals surface area contributed by atoms with Crippen LogP contribution < -0.4 is 15.0 Å². The van der Waals surface area contributed by atoms with Gasteiger partial charge in [0, 0.05) is 31.1 Å². The second-order valence-electron chi connectivity index (χ2n) is 7.63. The van der Waals surface area contributed by atoms with E-state index in [1.807, 2.05) is 61.6 Å². The van der Waals surface area contributed by atoms with E-state index < -0.39 is 0 Å². The minimum absolute atomic E-state index is 0.00116. The van der Waals surface area contributed by atoms with E-state index in [1.165, 1.54) is 0 Å². The third-order valence-electron chi connectivity index (χ3n) is 5.81. The fourth-order valence-electron chi connectivity index (χ4n) is 4.03. The Hall–Kier alpha value is -2.82. The standard InChI is InChI=1S/C24H30N2O3/c1-26(21-9-4-3-5-10-21)24(28)20-14-12-19(13-15-20)23(27)25-17-16-18-8-6-7-11-22(18)29-2/h3-11,19-20H,12-17H2,1-2H3,(H,25,27). The molecular weight excluding hydrogens is 364 g/mol. The van der Waals surface area contributed by atoms with Gasteiger partial charge < -0.3 is 15.0 Å². The number of hydrogen-bond donors (Lipinski definition) is 1. The fourth-order valence-corrected chi connectivity index (χ4v) is 4.03. The summed E-state index contributed by atoms with van der Waals surface area (Å²) in [6, 6.07) is 17.6. The molecule has 0 radical (unpaired) electrons. The highest BCUT2D eigenvalue weighted by molar-refractivity contribution is 5.94. The summed E-state index contributed by atoms with van der Waals surface area (Å²) in [7, 11) is 3.49. The average molecular weight is 395 g/mol. The molecule has 5 nitrogen and oxygen atoms in total. The molecule has 5 heteroatoms. The van der Waals surface area contributed by atoms with Crippen molar-refractivity contribution in [3.8, 4) is 5.75 Å². The summed E-state index contributed by atoms with van der Waals surface area (Å²) in [5, 5.41) is 3.06. The fraction of sp³-hybridized carbons (Fsp3) is 0.417. The SMILES string of the molecule is COc1ccccc1CCNC(=O)C1CCC(C(=O)N(C)c2ccccc2)CC1. The first-order chi connectivity index (χ1) is 14.1. The molecule has 0 aliphatic heterocycles. The summed E-state index contributed by atoms with van der Waals surface area (Å²) in [6.07, 6.45) is 3.80. The molecule has 3 rings (SSSR count). The lowest BCUT2D eigenvalue weighted by Gasteiger charge is -2.30. The number of hydrogen-bond acceptors (Lipinski definition) is 3. The Kier molecular flexibility index (Phi) is 7.28. The van der Waals surface area contributed by atoms with Crippen LogP contribution in [0.5, 0.6) is 5.75 Å². The molecule has 29 heavy (non-hydrogen) atoms. The molecule has 2 aromatic rings. The summed E-state index contributed by atoms with van der Waals surface area (Å²) in [5.41, 5.74) is 2.00. The number of methoxy groups -OCH3 is 1. The van der Waals surface area contributed by atoms with Crippen LogP contribution in [0.4, 0.5) is 5.69 Å². The molecule has 0 saturated heterocycles. The summed E-state index contributed by atoms with van der Waals surface area (Å²) in [6.45, 7) is 0.592. The summed E-state index contributed by atoms with van der Waals surface area (Å²) >= 11 is 0. The Morgan fingerprint density at radius 3 is 2.28 bits per heavy atom. The zero-order valence-corrected chi connectivity index (χ0v) is 17.3. The molecule has 0 unspecified atom stereocenters. The largest absolute Gasteiger partial charge is 0.496 e. The number of benzene rings is 2. The Balaban J connectivity index is 1.44. The predicted octanol–water partition coefficient (Wildman–Crippen LogP) is 3.82. The van der Waals surface area contributed by atoms with Crippen LogP contribution in [0.3, 0.4) is 0 Å². The van der Waals surface area contributed by atoms with Gasteiger partial charge in [-0.25, -0.2) is 0 Å². The third kappa shape index (κ3) is 5.37. The van der Waals surface area contributed by atoms with E-state index in [2.05, 4.69) is 5.32 Å². The summed E-state index contributed by atoms with van der Waals surface area (Å²) in [4.78, 5) is 27.0. The third-order valence-corrected chi connectivity index (χ3v) is 5.81. The van der Waals surface area contributed by atoms with Gasteiger partial charge in [0.2, 0.25) is 11.8 Å². The lowest BCUT2D eigenvalue weighted by molar-refractivity contribution is -0.129. The number of nitrogens with one attached hydrogen (secondary N) is 1. The van der Waals surface area contributed by atoms with Crippen LogP contribution in [0.2, 0.25) is 0 Å². The van der Waals surface area contributed by atoms with Crippen LogP contribution in [0.15, 0.2) is 54.6 Å². The van der Waals surface area contributed by atoms with Crippen molar-refractivity contribution in [1.82, 2.24) is 5.32 Å².